The molecule has 1 saturated carbocycles. The predicted molar refractivity (Wildman–Crippen MR) is 106 cm³/mol. The van der Waals surface area contributed by atoms with Crippen LogP contribution in [0, 0.1) is 0 Å². The molecule has 1 fully saturated rings. The van der Waals surface area contributed by atoms with E-state index in [2.05, 4.69) is 44.7 Å². The number of thioether (sulfide) groups is 1. The largest absolute Gasteiger partial charge is 0.357 e. The summed E-state index contributed by atoms with van der Waals surface area (Å²) in [6.45, 7) is 3.54. The first-order chi connectivity index (χ1) is 11.7. The summed E-state index contributed by atoms with van der Waals surface area (Å²) in [4.78, 5) is 9.34. The van der Waals surface area contributed by atoms with Crippen molar-refractivity contribution in [1.82, 2.24) is 20.0 Å². The molecule has 2 atom stereocenters. The lowest BCUT2D eigenvalue weighted by molar-refractivity contribution is 0.615. The lowest BCUT2D eigenvalue weighted by Gasteiger charge is -2.17. The van der Waals surface area contributed by atoms with Gasteiger partial charge in [-0.3, -0.25) is 0 Å². The third kappa shape index (κ3) is 4.45. The van der Waals surface area contributed by atoms with Gasteiger partial charge >= 0.3 is 0 Å². The molecule has 0 radical (unpaired) electrons. The topological polar surface area (TPSA) is 53.7 Å². The van der Waals surface area contributed by atoms with Crippen molar-refractivity contribution in [3.63, 3.8) is 0 Å². The van der Waals surface area contributed by atoms with E-state index in [1.54, 1.807) is 0 Å². The highest BCUT2D eigenvalue weighted by Crippen LogP contribution is 2.28. The van der Waals surface area contributed by atoms with Gasteiger partial charge < -0.3 is 15.0 Å². The number of guanidine groups is 1. The van der Waals surface area contributed by atoms with Gasteiger partial charge in [0.2, 0.25) is 0 Å². The van der Waals surface area contributed by atoms with Crippen molar-refractivity contribution < 1.29 is 0 Å². The molecular weight excluding hydrogens is 386 g/mol. The van der Waals surface area contributed by atoms with Gasteiger partial charge in [0.05, 0.1) is 12.2 Å². The fourth-order valence-corrected chi connectivity index (χ4v) is 4.20. The molecule has 2 N–H and O–H groups in total. The van der Waals surface area contributed by atoms with Crippen LogP contribution in [0.15, 0.2) is 34.0 Å². The third-order valence-electron chi connectivity index (χ3n) is 4.27. The molecule has 0 aliphatic heterocycles. The first kappa shape index (κ1) is 17.6. The van der Waals surface area contributed by atoms with Crippen molar-refractivity contribution in [3.05, 3.63) is 34.7 Å². The number of rotatable bonds is 5. The van der Waals surface area contributed by atoms with Crippen LogP contribution in [0.3, 0.4) is 0 Å². The van der Waals surface area contributed by atoms with Gasteiger partial charge in [0.15, 0.2) is 5.96 Å². The molecule has 7 heteroatoms. The van der Waals surface area contributed by atoms with Crippen LogP contribution in [-0.4, -0.2) is 39.4 Å². The molecule has 0 saturated heterocycles. The highest BCUT2D eigenvalue weighted by molar-refractivity contribution is 9.10. The predicted octanol–water partition coefficient (Wildman–Crippen LogP) is 3.44. The third-order valence-corrected chi connectivity index (χ3v) is 5.83. The van der Waals surface area contributed by atoms with Crippen LogP contribution in [0.25, 0.3) is 5.65 Å². The second kappa shape index (κ2) is 8.25. The lowest BCUT2D eigenvalue weighted by atomic mass is 10.2. The molecule has 3 rings (SSSR count). The Bertz CT molecular complexity index is 714. The van der Waals surface area contributed by atoms with Crippen molar-refractivity contribution in [2.24, 2.45) is 4.99 Å². The molecule has 1 aliphatic rings. The first-order valence-electron chi connectivity index (χ1n) is 8.38. The molecule has 130 valence electrons. The number of aliphatic imine (C=N–C) groups is 1. The van der Waals surface area contributed by atoms with E-state index in [-0.39, 0.29) is 0 Å². The van der Waals surface area contributed by atoms with E-state index in [9.17, 15) is 0 Å². The maximum Gasteiger partial charge on any atom is 0.191 e. The summed E-state index contributed by atoms with van der Waals surface area (Å²) in [5.41, 5.74) is 1.92. The van der Waals surface area contributed by atoms with Crippen LogP contribution in [-0.2, 0) is 6.54 Å². The molecule has 2 aromatic heterocycles. The second-order valence-corrected chi connectivity index (χ2v) is 8.11. The Morgan fingerprint density at radius 1 is 1.42 bits per heavy atom. The molecule has 5 nitrogen and oxygen atoms in total. The van der Waals surface area contributed by atoms with Crippen LogP contribution in [0.4, 0.5) is 0 Å². The van der Waals surface area contributed by atoms with Crippen LogP contribution < -0.4 is 10.6 Å². The molecule has 2 heterocycles. The number of pyridine rings is 1. The van der Waals surface area contributed by atoms with Crippen molar-refractivity contribution in [2.45, 2.75) is 44.0 Å². The van der Waals surface area contributed by atoms with E-state index in [0.29, 0.717) is 12.6 Å². The average Bonchev–Trinajstić information content (AvgIpc) is 3.18. The molecule has 2 unspecified atom stereocenters. The minimum Gasteiger partial charge on any atom is -0.357 e. The monoisotopic (exact) mass is 409 g/mol. The van der Waals surface area contributed by atoms with E-state index in [1.807, 2.05) is 40.7 Å². The molecule has 2 aromatic rings. The Kier molecular flexibility index (Phi) is 6.05. The Hall–Kier alpha value is -1.21. The molecule has 0 amide bonds. The average molecular weight is 410 g/mol. The van der Waals surface area contributed by atoms with Gasteiger partial charge in [0, 0.05) is 34.7 Å². The summed E-state index contributed by atoms with van der Waals surface area (Å²) in [6, 6.07) is 4.53. The number of aromatic nitrogens is 2. The summed E-state index contributed by atoms with van der Waals surface area (Å²) < 4.78 is 3.07. The fourth-order valence-electron chi connectivity index (χ4n) is 3.05. The summed E-state index contributed by atoms with van der Waals surface area (Å²) in [5, 5.41) is 7.70. The fraction of sp³-hybridized carbons (Fsp3) is 0.529. The van der Waals surface area contributed by atoms with Crippen molar-refractivity contribution in [1.29, 1.82) is 0 Å². The van der Waals surface area contributed by atoms with Gasteiger partial charge in [0.1, 0.15) is 5.65 Å². The molecule has 24 heavy (non-hydrogen) atoms. The second-order valence-electron chi connectivity index (χ2n) is 6.05. The summed E-state index contributed by atoms with van der Waals surface area (Å²) >= 11 is 5.46. The quantitative estimate of drug-likeness (QED) is 0.586. The number of hydrogen-bond acceptors (Lipinski definition) is 3. The Morgan fingerprint density at radius 3 is 3.04 bits per heavy atom. The number of fused-ring (bicyclic) bond motifs is 1. The van der Waals surface area contributed by atoms with Crippen molar-refractivity contribution in [3.8, 4) is 0 Å². The highest BCUT2D eigenvalue weighted by atomic mass is 79.9. The minimum absolute atomic E-state index is 0.525. The molecule has 0 spiro atoms. The summed E-state index contributed by atoms with van der Waals surface area (Å²) in [6.07, 6.45) is 9.98. The van der Waals surface area contributed by atoms with Crippen LogP contribution in [0.2, 0.25) is 0 Å². The zero-order valence-electron chi connectivity index (χ0n) is 14.1. The van der Waals surface area contributed by atoms with E-state index >= 15 is 0 Å². The van der Waals surface area contributed by atoms with E-state index in [4.69, 9.17) is 4.99 Å². The number of nitrogens with one attached hydrogen (secondary N) is 2. The van der Waals surface area contributed by atoms with Gasteiger partial charge in [0.25, 0.3) is 0 Å². The summed E-state index contributed by atoms with van der Waals surface area (Å²) in [5.74, 6) is 0.891. The Morgan fingerprint density at radius 2 is 2.29 bits per heavy atom. The van der Waals surface area contributed by atoms with Crippen LogP contribution in [0.1, 0.15) is 31.9 Å². The number of hydrogen-bond donors (Lipinski definition) is 2. The Labute approximate surface area is 155 Å². The number of nitrogens with zero attached hydrogens (tertiary/aromatic N) is 3. The molecule has 0 bridgehead atoms. The Balaban J connectivity index is 1.66. The zero-order chi connectivity index (χ0) is 16.9. The van der Waals surface area contributed by atoms with Gasteiger partial charge in [-0.25, -0.2) is 9.98 Å². The van der Waals surface area contributed by atoms with Gasteiger partial charge in [-0.05, 0) is 60.5 Å². The van der Waals surface area contributed by atoms with Crippen molar-refractivity contribution in [2.75, 3.05) is 12.8 Å². The molecule has 0 aromatic carbocycles. The SMILES string of the molecule is CCNC(=NCc1cn2cc(Br)ccc2n1)NC1CCC(SC)C1. The van der Waals surface area contributed by atoms with Gasteiger partial charge in [-0.15, -0.1) is 0 Å². The highest BCUT2D eigenvalue weighted by Gasteiger charge is 2.24. The zero-order valence-corrected chi connectivity index (χ0v) is 16.5. The van der Waals surface area contributed by atoms with Crippen molar-refractivity contribution >= 4 is 39.3 Å². The van der Waals surface area contributed by atoms with Crippen LogP contribution >= 0.6 is 27.7 Å². The van der Waals surface area contributed by atoms with Gasteiger partial charge in [-0.2, -0.15) is 11.8 Å². The van der Waals surface area contributed by atoms with E-state index in [1.165, 1.54) is 19.3 Å². The normalized spacial score (nSPS) is 21.4. The minimum atomic E-state index is 0.525. The summed E-state index contributed by atoms with van der Waals surface area (Å²) in [7, 11) is 0. The smallest absolute Gasteiger partial charge is 0.191 e. The number of halogens is 1. The maximum absolute atomic E-state index is 4.72. The lowest BCUT2D eigenvalue weighted by Crippen LogP contribution is -2.42. The van der Waals surface area contributed by atoms with E-state index < -0.39 is 0 Å². The number of imidazole rings is 1. The molecular formula is C17H24BrN5S. The first-order valence-corrected chi connectivity index (χ1v) is 10.5. The van der Waals surface area contributed by atoms with Crippen LogP contribution in [0.5, 0.6) is 0 Å². The maximum atomic E-state index is 4.72. The standard InChI is InChI=1S/C17H24BrN5S/c1-3-19-17(22-13-5-6-15(8-13)24-2)20-9-14-11-23-10-12(18)4-7-16(23)21-14/h4,7,10-11,13,15H,3,5-6,8-9H2,1-2H3,(H2,19,20,22). The van der Waals surface area contributed by atoms with E-state index in [0.717, 1.165) is 33.6 Å². The molecule has 1 aliphatic carbocycles. The van der Waals surface area contributed by atoms with Gasteiger partial charge in [-0.1, -0.05) is 0 Å².